The highest BCUT2D eigenvalue weighted by Gasteiger charge is 2.13. The van der Waals surface area contributed by atoms with Crippen molar-refractivity contribution < 1.29 is 14.7 Å². The van der Waals surface area contributed by atoms with Crippen molar-refractivity contribution in [2.45, 2.75) is 0 Å². The van der Waals surface area contributed by atoms with Gasteiger partial charge in [0.1, 0.15) is 5.75 Å². The Balaban J connectivity index is 2.99. The van der Waals surface area contributed by atoms with Crippen LogP contribution in [0.1, 0.15) is 5.56 Å². The lowest BCUT2D eigenvalue weighted by atomic mass is 10.2. The van der Waals surface area contributed by atoms with Crippen molar-refractivity contribution in [2.75, 3.05) is 5.73 Å². The first kappa shape index (κ1) is 9.38. The fraction of sp³-hybridized carbons (Fsp3) is 0. The highest BCUT2D eigenvalue weighted by Crippen LogP contribution is 2.22. The van der Waals surface area contributed by atoms with Crippen molar-refractivity contribution in [1.82, 2.24) is 0 Å². The van der Waals surface area contributed by atoms with E-state index in [9.17, 15) is 0 Å². The number of benzene rings is 1. The Labute approximate surface area is 75.2 Å². The third-order valence-electron chi connectivity index (χ3n) is 1.38. The molecule has 0 aliphatic rings. The van der Waals surface area contributed by atoms with Gasteiger partial charge in [-0.3, -0.25) is 0 Å². The van der Waals surface area contributed by atoms with E-state index in [1.165, 1.54) is 18.2 Å². The molecule has 0 saturated heterocycles. The summed E-state index contributed by atoms with van der Waals surface area (Å²) in [6, 6.07) is 6.16. The monoisotopic (exact) mass is 178 g/mol. The molecule has 0 heterocycles. The van der Waals surface area contributed by atoms with Gasteiger partial charge in [0.05, 0.1) is 17.3 Å². The van der Waals surface area contributed by atoms with Gasteiger partial charge in [-0.15, -0.1) is 0 Å². The van der Waals surface area contributed by atoms with Crippen molar-refractivity contribution in [3.63, 3.8) is 0 Å². The molecule has 1 aromatic rings. The zero-order valence-corrected chi connectivity index (χ0v) is 6.64. The van der Waals surface area contributed by atoms with Gasteiger partial charge >= 0.3 is 7.32 Å². The Morgan fingerprint density at radius 3 is 2.69 bits per heavy atom. The van der Waals surface area contributed by atoms with Crippen molar-refractivity contribution in [1.29, 1.82) is 5.26 Å². The summed E-state index contributed by atoms with van der Waals surface area (Å²) in [5.41, 5.74) is 6.02. The van der Waals surface area contributed by atoms with Crippen molar-refractivity contribution in [3.05, 3.63) is 23.8 Å². The molecule has 4 N–H and O–H groups in total. The van der Waals surface area contributed by atoms with Gasteiger partial charge in [0, 0.05) is 0 Å². The molecule has 1 rings (SSSR count). The molecule has 0 atom stereocenters. The number of hydrogen-bond acceptors (Lipinski definition) is 5. The summed E-state index contributed by atoms with van der Waals surface area (Å²) in [4.78, 5) is 0. The molecule has 0 spiro atoms. The van der Waals surface area contributed by atoms with Gasteiger partial charge < -0.3 is 20.4 Å². The van der Waals surface area contributed by atoms with Crippen LogP contribution in [-0.2, 0) is 0 Å². The average Bonchev–Trinajstić information content (AvgIpc) is 2.08. The molecule has 0 aromatic heterocycles. The van der Waals surface area contributed by atoms with Gasteiger partial charge in [0.2, 0.25) is 0 Å². The molecule has 1 aromatic carbocycles. The third kappa shape index (κ3) is 2.37. The number of rotatable bonds is 2. The van der Waals surface area contributed by atoms with E-state index in [1.807, 2.05) is 6.07 Å². The maximum Gasteiger partial charge on any atom is 0.707 e. The van der Waals surface area contributed by atoms with Gasteiger partial charge in [0.25, 0.3) is 0 Å². The summed E-state index contributed by atoms with van der Waals surface area (Å²) in [6.45, 7) is 0. The largest absolute Gasteiger partial charge is 0.707 e. The normalized spacial score (nSPS) is 9.00. The number of anilines is 1. The number of nitriles is 1. The fourth-order valence-electron chi connectivity index (χ4n) is 0.820. The Bertz CT molecular complexity index is 348. The van der Waals surface area contributed by atoms with Crippen LogP contribution >= 0.6 is 0 Å². The summed E-state index contributed by atoms with van der Waals surface area (Å²) in [5.74, 6) is 0.0778. The van der Waals surface area contributed by atoms with Crippen LogP contribution in [0.15, 0.2) is 18.2 Å². The molecule has 0 radical (unpaired) electrons. The minimum absolute atomic E-state index is 0.0778. The molecule has 6 heteroatoms. The van der Waals surface area contributed by atoms with Crippen LogP contribution in [0.5, 0.6) is 5.75 Å². The second-order valence-electron chi connectivity index (χ2n) is 2.31. The van der Waals surface area contributed by atoms with Crippen LogP contribution < -0.4 is 10.4 Å². The molecule has 66 valence electrons. The lowest BCUT2D eigenvalue weighted by Gasteiger charge is -2.07. The number of hydrogen-bond donors (Lipinski definition) is 3. The third-order valence-corrected chi connectivity index (χ3v) is 1.38. The van der Waals surface area contributed by atoms with Crippen LogP contribution in [0.2, 0.25) is 0 Å². The predicted octanol–water partition coefficient (Wildman–Crippen LogP) is -0.511. The Morgan fingerprint density at radius 2 is 2.15 bits per heavy atom. The zero-order chi connectivity index (χ0) is 9.84. The Hall–Kier alpha value is -1.71. The van der Waals surface area contributed by atoms with Gasteiger partial charge in [-0.2, -0.15) is 5.26 Å². The smallest absolute Gasteiger partial charge is 0.510 e. The number of nitrogens with two attached hydrogens (primary N) is 1. The highest BCUT2D eigenvalue weighted by molar-refractivity contribution is 6.33. The summed E-state index contributed by atoms with van der Waals surface area (Å²) in [7, 11) is -1.93. The molecule has 0 fully saturated rings. The highest BCUT2D eigenvalue weighted by atomic mass is 16.6. The van der Waals surface area contributed by atoms with E-state index in [4.69, 9.17) is 21.0 Å². The van der Waals surface area contributed by atoms with E-state index < -0.39 is 7.32 Å². The Morgan fingerprint density at radius 1 is 1.46 bits per heavy atom. The molecule has 13 heavy (non-hydrogen) atoms. The second kappa shape index (κ2) is 3.80. The molecule has 0 saturated carbocycles. The summed E-state index contributed by atoms with van der Waals surface area (Å²) < 4.78 is 4.52. The second-order valence-corrected chi connectivity index (χ2v) is 2.31. The molecule has 5 nitrogen and oxygen atoms in total. The number of nitrogen functional groups attached to an aromatic ring is 1. The van der Waals surface area contributed by atoms with E-state index in [0.29, 0.717) is 5.56 Å². The molecule has 0 aliphatic carbocycles. The average molecular weight is 178 g/mol. The van der Waals surface area contributed by atoms with E-state index in [-0.39, 0.29) is 11.4 Å². The van der Waals surface area contributed by atoms with Crippen molar-refractivity contribution in [2.24, 2.45) is 0 Å². The molecule has 0 unspecified atom stereocenters. The van der Waals surface area contributed by atoms with Gasteiger partial charge in [-0.1, -0.05) is 0 Å². The van der Waals surface area contributed by atoms with Gasteiger partial charge in [-0.25, -0.2) is 0 Å². The van der Waals surface area contributed by atoms with Crippen LogP contribution in [0, 0.1) is 11.3 Å². The lowest BCUT2D eigenvalue weighted by molar-refractivity contribution is 0.289. The minimum atomic E-state index is -1.93. The van der Waals surface area contributed by atoms with Crippen LogP contribution in [0.25, 0.3) is 0 Å². The van der Waals surface area contributed by atoms with Crippen molar-refractivity contribution in [3.8, 4) is 11.8 Å². The maximum atomic E-state index is 8.52. The molecular weight excluding hydrogens is 171 g/mol. The first-order valence-electron chi connectivity index (χ1n) is 3.46. The minimum Gasteiger partial charge on any atom is -0.510 e. The van der Waals surface area contributed by atoms with Crippen LogP contribution in [-0.4, -0.2) is 17.4 Å². The van der Waals surface area contributed by atoms with Gasteiger partial charge in [0.15, 0.2) is 0 Å². The maximum absolute atomic E-state index is 8.52. The quantitative estimate of drug-likeness (QED) is 0.418. The van der Waals surface area contributed by atoms with Crippen molar-refractivity contribution >= 4 is 13.0 Å². The van der Waals surface area contributed by atoms with E-state index >= 15 is 0 Å². The summed E-state index contributed by atoms with van der Waals surface area (Å²) in [5, 5.41) is 25.5. The predicted molar refractivity (Wildman–Crippen MR) is 46.4 cm³/mol. The van der Waals surface area contributed by atoms with E-state index in [0.717, 1.165) is 0 Å². The van der Waals surface area contributed by atoms with Crippen LogP contribution in [0.3, 0.4) is 0 Å². The summed E-state index contributed by atoms with van der Waals surface area (Å²) in [6.07, 6.45) is 0. The zero-order valence-electron chi connectivity index (χ0n) is 6.64. The SMILES string of the molecule is N#Cc1ccc(N)c(OB(O)O)c1. The first-order chi connectivity index (χ1) is 6.13. The summed E-state index contributed by atoms with van der Waals surface area (Å²) >= 11 is 0. The molecule has 0 bridgehead atoms. The van der Waals surface area contributed by atoms with E-state index in [1.54, 1.807) is 0 Å². The first-order valence-corrected chi connectivity index (χ1v) is 3.46. The molecular formula is C7H7BN2O3. The van der Waals surface area contributed by atoms with Crippen LogP contribution in [0.4, 0.5) is 5.69 Å². The van der Waals surface area contributed by atoms with E-state index in [2.05, 4.69) is 4.65 Å². The standard InChI is InChI=1S/C7H7BN2O3/c9-4-5-1-2-6(10)7(3-5)13-8(11)12/h1-3,11-12H,10H2. The lowest BCUT2D eigenvalue weighted by Crippen LogP contribution is -2.21. The number of nitrogens with zero attached hydrogens (tertiary/aromatic N) is 1. The Kier molecular flexibility index (Phi) is 2.74. The molecule has 0 aliphatic heterocycles. The fourth-order valence-corrected chi connectivity index (χ4v) is 0.820. The van der Waals surface area contributed by atoms with Gasteiger partial charge in [-0.05, 0) is 18.2 Å². The topological polar surface area (TPSA) is 99.5 Å². The molecule has 0 amide bonds.